The molecule has 4 aliphatic rings. The molecule has 0 aromatic rings. The number of carbonyl (C=O) groups excluding carboxylic acids is 1. The molecule has 36 heavy (non-hydrogen) atoms. The molecule has 0 spiro atoms. The van der Waals surface area contributed by atoms with Gasteiger partial charge in [-0.1, -0.05) is 45.4 Å². The lowest BCUT2D eigenvalue weighted by Crippen LogP contribution is -2.50. The predicted molar refractivity (Wildman–Crippen MR) is 137 cm³/mol. The zero-order valence-electron chi connectivity index (χ0n) is 22.2. The fourth-order valence-electron chi connectivity index (χ4n) is 8.21. The van der Waals surface area contributed by atoms with E-state index in [0.29, 0.717) is 30.1 Å². The lowest BCUT2D eigenvalue weighted by atomic mass is 9.52. The summed E-state index contributed by atoms with van der Waals surface area (Å²) < 4.78 is 41.0. The Morgan fingerprint density at radius 1 is 1.17 bits per heavy atom. The van der Waals surface area contributed by atoms with Gasteiger partial charge in [-0.05, 0) is 80.5 Å². The zero-order chi connectivity index (χ0) is 26.5. The third kappa shape index (κ3) is 5.33. The molecule has 204 valence electrons. The number of aliphatic hydroxyl groups excluding tert-OH is 1. The maximum atomic E-state index is 12.9. The SMILES string of the molecule is C=C(CC[C@@H](C)[C@H]1CC[C@H]2C3=CC(=O)O[C@H]4C[C@H](O)CC[C@]4(C)[C@H]3CC[C@]12C)[C@H](C)COS(=O)(=O)O. The lowest BCUT2D eigenvalue weighted by molar-refractivity contribution is -0.159. The van der Waals surface area contributed by atoms with Crippen LogP contribution in [0, 0.1) is 40.4 Å². The number of carbonyl (C=O) groups is 1. The van der Waals surface area contributed by atoms with Crippen LogP contribution in [-0.4, -0.2) is 42.9 Å². The van der Waals surface area contributed by atoms with Crippen molar-refractivity contribution in [1.82, 2.24) is 0 Å². The van der Waals surface area contributed by atoms with Gasteiger partial charge in [-0.15, -0.1) is 0 Å². The molecule has 7 nitrogen and oxygen atoms in total. The highest BCUT2D eigenvalue weighted by molar-refractivity contribution is 7.80. The summed E-state index contributed by atoms with van der Waals surface area (Å²) in [7, 11) is -4.44. The van der Waals surface area contributed by atoms with Crippen LogP contribution >= 0.6 is 0 Å². The number of hydrogen-bond donors (Lipinski definition) is 2. The molecule has 0 unspecified atom stereocenters. The number of fused-ring (bicyclic) bond motifs is 5. The summed E-state index contributed by atoms with van der Waals surface area (Å²) in [6.07, 6.45) is 9.56. The van der Waals surface area contributed by atoms with Gasteiger partial charge in [0.2, 0.25) is 0 Å². The van der Waals surface area contributed by atoms with E-state index in [2.05, 4.69) is 31.5 Å². The Labute approximate surface area is 216 Å². The standard InChI is InChI=1S/C28H44O7S/c1-17(19(3)16-34-36(31,32)33)6-7-18(2)22-8-9-23-21-15-26(30)35-25-14-20(29)10-12-28(25,5)24(21)11-13-27(22,23)4/h15,18-20,22-25,29H,1,6-14,16H2,2-5H3,(H,31,32,33)/t18-,19-,20-,22-,23+,24+,25+,27-,28-/m1/s1. The van der Waals surface area contributed by atoms with Crippen molar-refractivity contribution in [2.75, 3.05) is 6.61 Å². The minimum Gasteiger partial charge on any atom is -0.459 e. The van der Waals surface area contributed by atoms with Crippen LogP contribution < -0.4 is 0 Å². The molecular weight excluding hydrogens is 480 g/mol. The van der Waals surface area contributed by atoms with Crippen LogP contribution in [0.5, 0.6) is 0 Å². The Morgan fingerprint density at radius 3 is 2.53 bits per heavy atom. The fraction of sp³-hybridized carbons (Fsp3) is 0.821. The minimum absolute atomic E-state index is 0.0995. The van der Waals surface area contributed by atoms with E-state index in [-0.39, 0.29) is 41.5 Å². The van der Waals surface area contributed by atoms with Crippen molar-refractivity contribution < 1.29 is 31.8 Å². The van der Waals surface area contributed by atoms with Crippen molar-refractivity contribution in [3.05, 3.63) is 23.8 Å². The highest BCUT2D eigenvalue weighted by Gasteiger charge is 2.58. The molecule has 4 rings (SSSR count). The van der Waals surface area contributed by atoms with E-state index in [4.69, 9.17) is 9.29 Å². The lowest BCUT2D eigenvalue weighted by Gasteiger charge is -2.53. The summed E-state index contributed by atoms with van der Waals surface area (Å²) in [6, 6.07) is 0. The van der Waals surface area contributed by atoms with Crippen LogP contribution in [0.2, 0.25) is 0 Å². The number of allylic oxidation sites excluding steroid dienone is 1. The van der Waals surface area contributed by atoms with E-state index in [0.717, 1.165) is 56.9 Å². The van der Waals surface area contributed by atoms with Crippen LogP contribution in [0.25, 0.3) is 0 Å². The Balaban J connectivity index is 1.44. The third-order valence-electron chi connectivity index (χ3n) is 10.5. The molecule has 1 heterocycles. The second-order valence-electron chi connectivity index (χ2n) is 12.6. The Hall–Kier alpha value is -1.22. The topological polar surface area (TPSA) is 110 Å². The van der Waals surface area contributed by atoms with Crippen molar-refractivity contribution in [1.29, 1.82) is 0 Å². The maximum absolute atomic E-state index is 12.9. The molecular formula is C28H44O7S. The second-order valence-corrected chi connectivity index (χ2v) is 13.7. The first kappa shape index (κ1) is 27.8. The molecule has 1 aliphatic heterocycles. The second kappa shape index (κ2) is 10.2. The highest BCUT2D eigenvalue weighted by atomic mass is 32.3. The van der Waals surface area contributed by atoms with E-state index in [1.165, 1.54) is 5.57 Å². The summed E-state index contributed by atoms with van der Waals surface area (Å²) >= 11 is 0. The number of hydrogen-bond acceptors (Lipinski definition) is 6. The first-order valence-electron chi connectivity index (χ1n) is 13.6. The van der Waals surface area contributed by atoms with E-state index in [1.54, 1.807) is 0 Å². The molecule has 0 aromatic heterocycles. The van der Waals surface area contributed by atoms with Crippen LogP contribution in [0.1, 0.15) is 85.5 Å². The van der Waals surface area contributed by atoms with Crippen LogP contribution in [0.4, 0.5) is 0 Å². The molecule has 3 aliphatic carbocycles. The molecule has 3 saturated carbocycles. The smallest absolute Gasteiger partial charge is 0.397 e. The monoisotopic (exact) mass is 524 g/mol. The average molecular weight is 525 g/mol. The summed E-state index contributed by atoms with van der Waals surface area (Å²) in [4.78, 5) is 12.9. The van der Waals surface area contributed by atoms with E-state index >= 15 is 0 Å². The molecule has 3 fully saturated rings. The Morgan fingerprint density at radius 2 is 1.83 bits per heavy atom. The summed E-state index contributed by atoms with van der Waals surface area (Å²) in [6.45, 7) is 12.9. The third-order valence-corrected chi connectivity index (χ3v) is 11.0. The summed E-state index contributed by atoms with van der Waals surface area (Å²) in [5.74, 6) is 1.32. The van der Waals surface area contributed by atoms with Gasteiger partial charge in [0.15, 0.2) is 0 Å². The minimum atomic E-state index is -4.44. The number of ether oxygens (including phenoxy) is 1. The van der Waals surface area contributed by atoms with Gasteiger partial charge in [-0.25, -0.2) is 8.98 Å². The van der Waals surface area contributed by atoms with Crippen LogP contribution in [0.15, 0.2) is 23.8 Å². The zero-order valence-corrected chi connectivity index (χ0v) is 23.1. The number of rotatable bonds is 8. The highest BCUT2D eigenvalue weighted by Crippen LogP contribution is 2.65. The molecule has 9 atom stereocenters. The largest absolute Gasteiger partial charge is 0.459 e. The van der Waals surface area contributed by atoms with Gasteiger partial charge in [-0.2, -0.15) is 8.42 Å². The molecule has 2 N–H and O–H groups in total. The fourth-order valence-corrected chi connectivity index (χ4v) is 8.59. The Bertz CT molecular complexity index is 1000. The maximum Gasteiger partial charge on any atom is 0.397 e. The van der Waals surface area contributed by atoms with Gasteiger partial charge >= 0.3 is 16.4 Å². The molecule has 0 radical (unpaired) electrons. The van der Waals surface area contributed by atoms with E-state index in [1.807, 2.05) is 13.0 Å². The molecule has 0 bridgehead atoms. The van der Waals surface area contributed by atoms with Crippen molar-refractivity contribution in [2.45, 2.75) is 97.7 Å². The van der Waals surface area contributed by atoms with Gasteiger partial charge < -0.3 is 9.84 Å². The first-order chi connectivity index (χ1) is 16.7. The Kier molecular flexibility index (Phi) is 7.84. The number of esters is 1. The average Bonchev–Trinajstić information content (AvgIpc) is 3.10. The van der Waals surface area contributed by atoms with Crippen molar-refractivity contribution in [3.63, 3.8) is 0 Å². The van der Waals surface area contributed by atoms with Gasteiger partial charge in [-0.3, -0.25) is 4.55 Å². The van der Waals surface area contributed by atoms with Crippen LogP contribution in [0.3, 0.4) is 0 Å². The van der Waals surface area contributed by atoms with Gasteiger partial charge in [0.05, 0.1) is 12.7 Å². The van der Waals surface area contributed by atoms with Gasteiger partial charge in [0.25, 0.3) is 0 Å². The van der Waals surface area contributed by atoms with Crippen molar-refractivity contribution >= 4 is 16.4 Å². The van der Waals surface area contributed by atoms with Gasteiger partial charge in [0.1, 0.15) is 6.10 Å². The summed E-state index contributed by atoms with van der Waals surface area (Å²) in [5, 5.41) is 10.3. The normalized spacial score (nSPS) is 40.1. The molecule has 8 heteroatoms. The molecule has 0 amide bonds. The van der Waals surface area contributed by atoms with E-state index in [9.17, 15) is 18.3 Å². The number of aliphatic hydroxyl groups is 1. The van der Waals surface area contributed by atoms with Crippen LogP contribution in [-0.2, 0) is 24.1 Å². The summed E-state index contributed by atoms with van der Waals surface area (Å²) in [5.41, 5.74) is 2.25. The quantitative estimate of drug-likeness (QED) is 0.253. The predicted octanol–water partition coefficient (Wildman–Crippen LogP) is 5.26. The van der Waals surface area contributed by atoms with Crippen molar-refractivity contribution in [3.8, 4) is 0 Å². The van der Waals surface area contributed by atoms with Gasteiger partial charge in [0, 0.05) is 23.8 Å². The molecule has 0 saturated heterocycles. The molecule has 0 aromatic carbocycles. The first-order valence-corrected chi connectivity index (χ1v) is 15.0. The van der Waals surface area contributed by atoms with Crippen molar-refractivity contribution in [2.24, 2.45) is 40.4 Å². The van der Waals surface area contributed by atoms with E-state index < -0.39 is 10.4 Å².